The van der Waals surface area contributed by atoms with Crippen LogP contribution in [0.1, 0.15) is 10.4 Å². The number of hydrogen-bond acceptors (Lipinski definition) is 3. The molecule has 0 atom stereocenters. The van der Waals surface area contributed by atoms with E-state index in [0.29, 0.717) is 5.56 Å². The van der Waals surface area contributed by atoms with Gasteiger partial charge in [-0.25, -0.2) is 0 Å². The molecule has 0 unspecified atom stereocenters. The summed E-state index contributed by atoms with van der Waals surface area (Å²) in [6.07, 6.45) is 0. The zero-order valence-corrected chi connectivity index (χ0v) is 6.40. The van der Waals surface area contributed by atoms with E-state index in [1.807, 2.05) is 6.07 Å². The molecular weight excluding hydrogens is 156 g/mol. The molecule has 62 valence electrons. The molecule has 3 nitrogen and oxygen atoms in total. The lowest BCUT2D eigenvalue weighted by Gasteiger charge is -1.97. The van der Waals surface area contributed by atoms with Gasteiger partial charge in [0.25, 0.3) is 6.47 Å². The van der Waals surface area contributed by atoms with Gasteiger partial charge >= 0.3 is 0 Å². The first kappa shape index (κ1) is 8.46. The van der Waals surface area contributed by atoms with Crippen LogP contribution in [-0.4, -0.2) is 18.9 Å². The molecule has 0 radical (unpaired) electrons. The highest BCUT2D eigenvalue weighted by Crippen LogP contribution is 1.99. The zero-order valence-electron chi connectivity index (χ0n) is 6.40. The molecule has 12 heavy (non-hydrogen) atoms. The van der Waals surface area contributed by atoms with E-state index in [1.165, 1.54) is 0 Å². The minimum atomic E-state index is -0.192. The van der Waals surface area contributed by atoms with Gasteiger partial charge in [-0.3, -0.25) is 9.59 Å². The number of ketones is 1. The number of carbonyl (C=O) groups is 2. The Kier molecular flexibility index (Phi) is 3.02. The molecule has 0 spiro atoms. The topological polar surface area (TPSA) is 43.4 Å². The lowest BCUT2D eigenvalue weighted by Crippen LogP contribution is -2.07. The number of hydrogen-bond donors (Lipinski definition) is 0. The molecule has 0 aliphatic rings. The minimum absolute atomic E-state index is 0.187. The van der Waals surface area contributed by atoms with E-state index in [2.05, 4.69) is 4.74 Å². The summed E-state index contributed by atoms with van der Waals surface area (Å²) >= 11 is 0. The van der Waals surface area contributed by atoms with Gasteiger partial charge in [-0.1, -0.05) is 30.3 Å². The first-order valence-corrected chi connectivity index (χ1v) is 3.48. The van der Waals surface area contributed by atoms with Crippen LogP contribution in [0.15, 0.2) is 30.3 Å². The zero-order chi connectivity index (χ0) is 8.81. The monoisotopic (exact) mass is 164 g/mol. The van der Waals surface area contributed by atoms with Crippen LogP contribution in [0.4, 0.5) is 0 Å². The van der Waals surface area contributed by atoms with Crippen LogP contribution in [0.2, 0.25) is 0 Å². The molecule has 0 saturated carbocycles. The van der Waals surface area contributed by atoms with Crippen molar-refractivity contribution >= 4 is 12.3 Å². The van der Waals surface area contributed by atoms with Gasteiger partial charge in [-0.15, -0.1) is 0 Å². The van der Waals surface area contributed by atoms with Gasteiger partial charge < -0.3 is 4.74 Å². The van der Waals surface area contributed by atoms with Crippen molar-refractivity contribution in [3.05, 3.63) is 35.9 Å². The molecule has 0 N–H and O–H groups in total. The molecule has 1 aromatic carbocycles. The molecule has 1 rings (SSSR count). The van der Waals surface area contributed by atoms with Crippen LogP contribution in [0, 0.1) is 0 Å². The highest BCUT2D eigenvalue weighted by atomic mass is 16.5. The molecule has 3 heteroatoms. The summed E-state index contributed by atoms with van der Waals surface area (Å²) in [6, 6.07) is 8.69. The van der Waals surface area contributed by atoms with E-state index in [-0.39, 0.29) is 18.9 Å². The Morgan fingerprint density at radius 1 is 1.33 bits per heavy atom. The van der Waals surface area contributed by atoms with Crippen molar-refractivity contribution in [2.24, 2.45) is 0 Å². The van der Waals surface area contributed by atoms with Gasteiger partial charge in [0, 0.05) is 5.56 Å². The van der Waals surface area contributed by atoms with Gasteiger partial charge in [0.05, 0.1) is 0 Å². The maximum atomic E-state index is 11.1. The summed E-state index contributed by atoms with van der Waals surface area (Å²) < 4.78 is 4.32. The number of rotatable bonds is 4. The van der Waals surface area contributed by atoms with Crippen LogP contribution >= 0.6 is 0 Å². The Morgan fingerprint density at radius 2 is 2.00 bits per heavy atom. The number of Topliss-reactive ketones (excluding diaryl/α,β-unsaturated/α-hetero) is 1. The second kappa shape index (κ2) is 4.28. The number of benzene rings is 1. The fourth-order valence-corrected chi connectivity index (χ4v) is 0.817. The number of carbonyl (C=O) groups excluding carboxylic acids is 2. The Bertz CT molecular complexity index is 266. The average molecular weight is 164 g/mol. The minimum Gasteiger partial charge on any atom is -0.459 e. The molecule has 0 aliphatic heterocycles. The Hall–Kier alpha value is -1.64. The van der Waals surface area contributed by atoms with E-state index >= 15 is 0 Å². The van der Waals surface area contributed by atoms with E-state index in [0.717, 1.165) is 0 Å². The summed E-state index contributed by atoms with van der Waals surface area (Å²) in [4.78, 5) is 20.9. The number of ether oxygens (including phenoxy) is 1. The molecular formula is C9H8O3. The lowest BCUT2D eigenvalue weighted by molar-refractivity contribution is -0.127. The van der Waals surface area contributed by atoms with Gasteiger partial charge in [0.1, 0.15) is 0 Å². The van der Waals surface area contributed by atoms with Crippen molar-refractivity contribution in [2.75, 3.05) is 6.61 Å². The summed E-state index contributed by atoms with van der Waals surface area (Å²) in [5.41, 5.74) is 0.555. The van der Waals surface area contributed by atoms with Crippen LogP contribution in [0.5, 0.6) is 0 Å². The smallest absolute Gasteiger partial charge is 0.293 e. The molecule has 0 fully saturated rings. The SMILES string of the molecule is O=COCC(=O)c1ccccc1. The molecule has 0 heterocycles. The van der Waals surface area contributed by atoms with Crippen LogP contribution in [0.25, 0.3) is 0 Å². The van der Waals surface area contributed by atoms with E-state index < -0.39 is 0 Å². The second-order valence-corrected chi connectivity index (χ2v) is 2.20. The molecule has 0 amide bonds. The van der Waals surface area contributed by atoms with Gasteiger partial charge in [0.2, 0.25) is 0 Å². The van der Waals surface area contributed by atoms with Crippen molar-refractivity contribution in [2.45, 2.75) is 0 Å². The largest absolute Gasteiger partial charge is 0.459 e. The first-order valence-electron chi connectivity index (χ1n) is 3.48. The quantitative estimate of drug-likeness (QED) is 0.493. The predicted octanol–water partition coefficient (Wildman–Crippen LogP) is 1.04. The van der Waals surface area contributed by atoms with E-state index in [1.54, 1.807) is 24.3 Å². The summed E-state index contributed by atoms with van der Waals surface area (Å²) in [6.45, 7) is 0.0777. The first-order chi connectivity index (χ1) is 5.84. The Labute approximate surface area is 70.0 Å². The highest BCUT2D eigenvalue weighted by molar-refractivity contribution is 5.97. The maximum absolute atomic E-state index is 11.1. The third-order valence-electron chi connectivity index (χ3n) is 1.38. The fraction of sp³-hybridized carbons (Fsp3) is 0.111. The maximum Gasteiger partial charge on any atom is 0.293 e. The molecule has 0 aliphatic carbocycles. The molecule has 1 aromatic rings. The van der Waals surface area contributed by atoms with Crippen LogP contribution in [0.3, 0.4) is 0 Å². The fourth-order valence-electron chi connectivity index (χ4n) is 0.817. The second-order valence-electron chi connectivity index (χ2n) is 2.20. The van der Waals surface area contributed by atoms with Crippen molar-refractivity contribution in [1.29, 1.82) is 0 Å². The van der Waals surface area contributed by atoms with E-state index in [4.69, 9.17) is 0 Å². The van der Waals surface area contributed by atoms with E-state index in [9.17, 15) is 9.59 Å². The summed E-state index contributed by atoms with van der Waals surface area (Å²) in [7, 11) is 0. The predicted molar refractivity (Wildman–Crippen MR) is 42.8 cm³/mol. The third kappa shape index (κ3) is 2.20. The van der Waals surface area contributed by atoms with Crippen molar-refractivity contribution in [3.8, 4) is 0 Å². The van der Waals surface area contributed by atoms with Gasteiger partial charge in [-0.2, -0.15) is 0 Å². The van der Waals surface area contributed by atoms with Crippen molar-refractivity contribution in [1.82, 2.24) is 0 Å². The third-order valence-corrected chi connectivity index (χ3v) is 1.38. The normalized spacial score (nSPS) is 9.00. The van der Waals surface area contributed by atoms with Crippen molar-refractivity contribution < 1.29 is 14.3 Å². The molecule has 0 aromatic heterocycles. The summed E-state index contributed by atoms with van der Waals surface area (Å²) in [5, 5.41) is 0. The van der Waals surface area contributed by atoms with Crippen LogP contribution in [-0.2, 0) is 9.53 Å². The molecule has 0 bridgehead atoms. The Balaban J connectivity index is 2.59. The van der Waals surface area contributed by atoms with Gasteiger partial charge in [0.15, 0.2) is 12.4 Å². The van der Waals surface area contributed by atoms with Gasteiger partial charge in [-0.05, 0) is 0 Å². The van der Waals surface area contributed by atoms with Crippen LogP contribution < -0.4 is 0 Å². The molecule has 0 saturated heterocycles. The Morgan fingerprint density at radius 3 is 2.58 bits per heavy atom. The lowest BCUT2D eigenvalue weighted by atomic mass is 10.1. The average Bonchev–Trinajstić information content (AvgIpc) is 2.15. The van der Waals surface area contributed by atoms with Crippen molar-refractivity contribution in [3.63, 3.8) is 0 Å². The summed E-state index contributed by atoms with van der Waals surface area (Å²) in [5.74, 6) is -0.192. The highest BCUT2D eigenvalue weighted by Gasteiger charge is 2.03. The standard InChI is InChI=1S/C9H8O3/c10-7-12-6-9(11)8-4-2-1-3-5-8/h1-5,7H,6H2.